The summed E-state index contributed by atoms with van der Waals surface area (Å²) in [5.74, 6) is 0. The van der Waals surface area contributed by atoms with E-state index in [1.807, 2.05) is 31.3 Å². The molecular weight excluding hydrogens is 210 g/mol. The minimum atomic E-state index is -0.710. The molecular formula is C12H16ClNO. The van der Waals surface area contributed by atoms with Gasteiger partial charge in [-0.25, -0.2) is 0 Å². The van der Waals surface area contributed by atoms with Gasteiger partial charge in [-0.1, -0.05) is 23.7 Å². The van der Waals surface area contributed by atoms with Crippen LogP contribution < -0.4 is 0 Å². The molecule has 2 atom stereocenters. The lowest BCUT2D eigenvalue weighted by molar-refractivity contribution is 0.0486. The van der Waals surface area contributed by atoms with Gasteiger partial charge in [0.05, 0.1) is 0 Å². The van der Waals surface area contributed by atoms with Gasteiger partial charge >= 0.3 is 0 Å². The Morgan fingerprint density at radius 1 is 1.40 bits per heavy atom. The monoisotopic (exact) mass is 225 g/mol. The van der Waals surface area contributed by atoms with Crippen molar-refractivity contribution < 1.29 is 5.11 Å². The summed E-state index contributed by atoms with van der Waals surface area (Å²) < 4.78 is 0. The highest BCUT2D eigenvalue weighted by atomic mass is 35.5. The summed E-state index contributed by atoms with van der Waals surface area (Å²) in [5, 5.41) is 11.2. The first-order valence-electron chi connectivity index (χ1n) is 5.20. The van der Waals surface area contributed by atoms with Crippen LogP contribution >= 0.6 is 11.6 Å². The normalized spacial score (nSPS) is 32.1. The molecule has 0 saturated carbocycles. The standard InChI is InChI=1S/C12H16ClNO/c1-9-7-12(15,8-14(9)2)10-3-5-11(13)6-4-10/h3-6,9,15H,7-8H2,1-2H3. The maximum Gasteiger partial charge on any atom is 0.104 e. The molecule has 0 aliphatic carbocycles. The Bertz CT molecular complexity index is 339. The number of halogens is 1. The summed E-state index contributed by atoms with van der Waals surface area (Å²) >= 11 is 5.83. The highest BCUT2D eigenvalue weighted by Crippen LogP contribution is 2.35. The molecule has 15 heavy (non-hydrogen) atoms. The molecule has 2 nitrogen and oxygen atoms in total. The summed E-state index contributed by atoms with van der Waals surface area (Å²) in [6.45, 7) is 2.82. The zero-order valence-corrected chi connectivity index (χ0v) is 9.83. The van der Waals surface area contributed by atoms with Crippen LogP contribution in [0.1, 0.15) is 18.9 Å². The fraction of sp³-hybridized carbons (Fsp3) is 0.500. The van der Waals surface area contributed by atoms with Crippen LogP contribution in [0, 0.1) is 0 Å². The Morgan fingerprint density at radius 3 is 2.47 bits per heavy atom. The third kappa shape index (κ3) is 2.03. The summed E-state index contributed by atoms with van der Waals surface area (Å²) in [5.41, 5.74) is 0.252. The molecule has 0 bridgehead atoms. The third-order valence-corrected chi connectivity index (χ3v) is 3.53. The molecule has 1 aliphatic heterocycles. The molecule has 0 radical (unpaired) electrons. The van der Waals surface area contributed by atoms with Crippen LogP contribution in [0.15, 0.2) is 24.3 Å². The third-order valence-electron chi connectivity index (χ3n) is 3.28. The Kier molecular flexibility index (Phi) is 2.75. The van der Waals surface area contributed by atoms with E-state index in [1.165, 1.54) is 0 Å². The van der Waals surface area contributed by atoms with Crippen molar-refractivity contribution in [1.29, 1.82) is 0 Å². The summed E-state index contributed by atoms with van der Waals surface area (Å²) in [6.07, 6.45) is 0.783. The molecule has 1 heterocycles. The topological polar surface area (TPSA) is 23.5 Å². The molecule has 1 saturated heterocycles. The van der Waals surface area contributed by atoms with E-state index in [4.69, 9.17) is 11.6 Å². The van der Waals surface area contributed by atoms with E-state index in [1.54, 1.807) is 0 Å². The second kappa shape index (κ2) is 3.78. The van der Waals surface area contributed by atoms with Crippen LogP contribution in [-0.4, -0.2) is 29.6 Å². The van der Waals surface area contributed by atoms with Crippen LogP contribution in [0.4, 0.5) is 0 Å². The van der Waals surface area contributed by atoms with Gasteiger partial charge in [0, 0.05) is 17.6 Å². The van der Waals surface area contributed by atoms with Gasteiger partial charge in [-0.2, -0.15) is 0 Å². The fourth-order valence-corrected chi connectivity index (χ4v) is 2.37. The first-order valence-corrected chi connectivity index (χ1v) is 5.58. The molecule has 0 aromatic heterocycles. The number of hydrogen-bond donors (Lipinski definition) is 1. The van der Waals surface area contributed by atoms with Crippen molar-refractivity contribution in [1.82, 2.24) is 4.90 Å². The van der Waals surface area contributed by atoms with Crippen molar-refractivity contribution in [3.63, 3.8) is 0 Å². The number of β-amino-alcohol motifs (C(OH)–C–C–N with tert-alkyl or cyclic N) is 1. The number of aliphatic hydroxyl groups is 1. The van der Waals surface area contributed by atoms with E-state index in [0.29, 0.717) is 17.6 Å². The van der Waals surface area contributed by atoms with Gasteiger partial charge in [0.1, 0.15) is 5.60 Å². The van der Waals surface area contributed by atoms with Gasteiger partial charge in [0.15, 0.2) is 0 Å². The zero-order valence-electron chi connectivity index (χ0n) is 9.07. The fourth-order valence-electron chi connectivity index (χ4n) is 2.25. The van der Waals surface area contributed by atoms with E-state index in [-0.39, 0.29) is 0 Å². The largest absolute Gasteiger partial charge is 0.384 e. The second-order valence-corrected chi connectivity index (χ2v) is 4.94. The van der Waals surface area contributed by atoms with Crippen LogP contribution in [0.3, 0.4) is 0 Å². The first kappa shape index (κ1) is 10.9. The molecule has 82 valence electrons. The second-order valence-electron chi connectivity index (χ2n) is 4.51. The van der Waals surface area contributed by atoms with Crippen molar-refractivity contribution in [2.75, 3.05) is 13.6 Å². The van der Waals surface area contributed by atoms with E-state index in [9.17, 15) is 5.11 Å². The van der Waals surface area contributed by atoms with Gasteiger partial charge in [-0.3, -0.25) is 0 Å². The molecule has 1 fully saturated rings. The Labute approximate surface area is 95.5 Å². The van der Waals surface area contributed by atoms with E-state index < -0.39 is 5.60 Å². The summed E-state index contributed by atoms with van der Waals surface area (Å²) in [6, 6.07) is 7.91. The molecule has 2 rings (SSSR count). The van der Waals surface area contributed by atoms with E-state index in [2.05, 4.69) is 11.8 Å². The SMILES string of the molecule is CC1CC(O)(c2ccc(Cl)cc2)CN1C. The minimum Gasteiger partial charge on any atom is -0.384 e. The van der Waals surface area contributed by atoms with Crippen molar-refractivity contribution in [2.45, 2.75) is 25.0 Å². The van der Waals surface area contributed by atoms with Crippen LogP contribution in [0.5, 0.6) is 0 Å². The average molecular weight is 226 g/mol. The lowest BCUT2D eigenvalue weighted by atomic mass is 9.91. The maximum absolute atomic E-state index is 10.5. The molecule has 1 aliphatic rings. The van der Waals surface area contributed by atoms with Crippen molar-refractivity contribution in [3.8, 4) is 0 Å². The van der Waals surface area contributed by atoms with Gasteiger partial charge < -0.3 is 10.0 Å². The number of rotatable bonds is 1. The quantitative estimate of drug-likeness (QED) is 0.793. The minimum absolute atomic E-state index is 0.422. The highest BCUT2D eigenvalue weighted by molar-refractivity contribution is 6.30. The predicted molar refractivity (Wildman–Crippen MR) is 62.1 cm³/mol. The van der Waals surface area contributed by atoms with Gasteiger partial charge in [0.2, 0.25) is 0 Å². The Morgan fingerprint density at radius 2 is 2.00 bits per heavy atom. The van der Waals surface area contributed by atoms with Gasteiger partial charge in [-0.15, -0.1) is 0 Å². The van der Waals surface area contributed by atoms with Gasteiger partial charge in [-0.05, 0) is 38.1 Å². The van der Waals surface area contributed by atoms with Crippen molar-refractivity contribution in [2.24, 2.45) is 0 Å². The lowest BCUT2D eigenvalue weighted by Gasteiger charge is -2.22. The van der Waals surface area contributed by atoms with Crippen LogP contribution in [0.2, 0.25) is 5.02 Å². The van der Waals surface area contributed by atoms with E-state index in [0.717, 1.165) is 12.0 Å². The van der Waals surface area contributed by atoms with Crippen LogP contribution in [-0.2, 0) is 5.60 Å². The highest BCUT2D eigenvalue weighted by Gasteiger charge is 2.40. The molecule has 0 amide bonds. The molecule has 1 N–H and O–H groups in total. The summed E-state index contributed by atoms with van der Waals surface area (Å²) in [7, 11) is 2.04. The molecule has 1 aromatic rings. The lowest BCUT2D eigenvalue weighted by Crippen LogP contribution is -2.29. The smallest absolute Gasteiger partial charge is 0.104 e. The number of nitrogens with zero attached hydrogens (tertiary/aromatic N) is 1. The Hall–Kier alpha value is -0.570. The number of benzene rings is 1. The van der Waals surface area contributed by atoms with E-state index >= 15 is 0 Å². The maximum atomic E-state index is 10.5. The number of hydrogen-bond acceptors (Lipinski definition) is 2. The first-order chi connectivity index (χ1) is 7.01. The molecule has 2 unspecified atom stereocenters. The summed E-state index contributed by atoms with van der Waals surface area (Å²) in [4.78, 5) is 2.18. The van der Waals surface area contributed by atoms with Gasteiger partial charge in [0.25, 0.3) is 0 Å². The molecule has 1 aromatic carbocycles. The molecule has 3 heteroatoms. The van der Waals surface area contributed by atoms with Crippen LogP contribution in [0.25, 0.3) is 0 Å². The van der Waals surface area contributed by atoms with Crippen molar-refractivity contribution >= 4 is 11.6 Å². The van der Waals surface area contributed by atoms with Crippen molar-refractivity contribution in [3.05, 3.63) is 34.9 Å². The average Bonchev–Trinajstić information content (AvgIpc) is 2.43. The number of likely N-dealkylation sites (N-methyl/N-ethyl adjacent to an activating group) is 1. The Balaban J connectivity index is 2.27. The predicted octanol–water partition coefficient (Wildman–Crippen LogP) is 2.25. The number of likely N-dealkylation sites (tertiary alicyclic amines) is 1. The zero-order chi connectivity index (χ0) is 11.1. The molecule has 0 spiro atoms.